The number of unbranched alkanes of at least 4 members (excludes halogenated alkanes) is 15. The van der Waals surface area contributed by atoms with Gasteiger partial charge in [0.25, 0.3) is 0 Å². The van der Waals surface area contributed by atoms with E-state index < -0.39 is 5.97 Å². The van der Waals surface area contributed by atoms with Crippen LogP contribution in [0.15, 0.2) is 102 Å². The molecule has 0 unspecified atom stereocenters. The van der Waals surface area contributed by atoms with E-state index in [-0.39, 0.29) is 0 Å². The molecule has 1 aliphatic carbocycles. The van der Waals surface area contributed by atoms with Crippen molar-refractivity contribution in [2.24, 2.45) is 4.99 Å². The van der Waals surface area contributed by atoms with E-state index in [0.29, 0.717) is 11.3 Å². The minimum Gasteiger partial charge on any atom is -0.494 e. The normalized spacial score (nSPS) is 12.1. The molecule has 0 saturated carbocycles. The summed E-state index contributed by atoms with van der Waals surface area (Å²) in [4.78, 5) is 17.1. The highest BCUT2D eigenvalue weighted by Gasteiger charge is 2.10. The summed E-state index contributed by atoms with van der Waals surface area (Å²) in [7, 11) is 0. The van der Waals surface area contributed by atoms with Crippen LogP contribution in [0.25, 0.3) is 5.57 Å². The number of hydrogen-bond donors (Lipinski definition) is 0. The third-order valence-electron chi connectivity index (χ3n) is 8.59. The molecule has 0 N–H and O–H groups in total. The van der Waals surface area contributed by atoms with Crippen molar-refractivity contribution in [3.8, 4) is 11.5 Å². The predicted molar refractivity (Wildman–Crippen MR) is 197 cm³/mol. The van der Waals surface area contributed by atoms with Gasteiger partial charge in [0.1, 0.15) is 11.5 Å². The lowest BCUT2D eigenvalue weighted by Crippen LogP contribution is -2.08. The van der Waals surface area contributed by atoms with Crippen molar-refractivity contribution in [2.45, 2.75) is 110 Å². The fraction of sp³-hybridized carbons (Fsp3) is 0.419. The Balaban J connectivity index is 1.03. The fourth-order valence-electron chi connectivity index (χ4n) is 5.70. The standard InChI is InChI=1S/C43H53NO3/c1-2-3-4-5-6-7-8-9-10-11-12-13-14-15-16-19-34-46-41-30-22-36(23-31-41)35-44-40-28-32-42(33-29-40)47-43(45)39-26-24-38(25-27-39)37-20-17-18-21-37/h17-18,20,22-33,35H,2-16,19,34H2,1H3. The largest absolute Gasteiger partial charge is 0.494 e. The van der Waals surface area contributed by atoms with Gasteiger partial charge in [0.2, 0.25) is 0 Å². The van der Waals surface area contributed by atoms with Crippen LogP contribution in [0.5, 0.6) is 11.5 Å². The predicted octanol–water partition coefficient (Wildman–Crippen LogP) is 12.4. The maximum atomic E-state index is 12.6. The Labute approximate surface area is 283 Å². The molecule has 0 spiro atoms. The van der Waals surface area contributed by atoms with Crippen molar-refractivity contribution in [1.29, 1.82) is 0 Å². The lowest BCUT2D eigenvalue weighted by Gasteiger charge is -2.07. The molecule has 0 aromatic heterocycles. The van der Waals surface area contributed by atoms with E-state index in [2.05, 4.69) is 17.6 Å². The van der Waals surface area contributed by atoms with Crippen LogP contribution < -0.4 is 9.47 Å². The molecule has 3 aromatic rings. The quantitative estimate of drug-likeness (QED) is 0.0344. The third kappa shape index (κ3) is 14.0. The Morgan fingerprint density at radius 2 is 1.21 bits per heavy atom. The summed E-state index contributed by atoms with van der Waals surface area (Å²) in [5.41, 5.74) is 7.46. The van der Waals surface area contributed by atoms with Gasteiger partial charge in [0.15, 0.2) is 0 Å². The summed E-state index contributed by atoms with van der Waals surface area (Å²) in [6, 6.07) is 22.6. The van der Waals surface area contributed by atoms with Gasteiger partial charge in [-0.25, -0.2) is 4.79 Å². The lowest BCUT2D eigenvalue weighted by atomic mass is 10.0. The topological polar surface area (TPSA) is 47.9 Å². The molecule has 1 aliphatic rings. The van der Waals surface area contributed by atoms with Crippen LogP contribution in [0.3, 0.4) is 0 Å². The molecule has 0 radical (unpaired) electrons. The number of benzene rings is 3. The minimum absolute atomic E-state index is 0.392. The van der Waals surface area contributed by atoms with E-state index in [1.807, 2.05) is 73.0 Å². The van der Waals surface area contributed by atoms with Gasteiger partial charge in [-0.1, -0.05) is 121 Å². The Bertz CT molecular complexity index is 1440. The Morgan fingerprint density at radius 3 is 1.77 bits per heavy atom. The van der Waals surface area contributed by atoms with Crippen LogP contribution in [-0.4, -0.2) is 18.8 Å². The molecule has 0 fully saturated rings. The number of aliphatic imine (C=N–C) groups is 1. The number of ether oxygens (including phenoxy) is 2. The summed E-state index contributed by atoms with van der Waals surface area (Å²) >= 11 is 0. The van der Waals surface area contributed by atoms with Gasteiger partial charge >= 0.3 is 5.97 Å². The van der Waals surface area contributed by atoms with Crippen LogP contribution in [0, 0.1) is 0 Å². The van der Waals surface area contributed by atoms with Crippen molar-refractivity contribution >= 4 is 23.4 Å². The van der Waals surface area contributed by atoms with E-state index in [1.54, 1.807) is 24.3 Å². The molecule has 47 heavy (non-hydrogen) atoms. The highest BCUT2D eigenvalue weighted by molar-refractivity contribution is 5.92. The maximum Gasteiger partial charge on any atom is 0.343 e. The second-order valence-corrected chi connectivity index (χ2v) is 12.5. The third-order valence-corrected chi connectivity index (χ3v) is 8.59. The van der Waals surface area contributed by atoms with E-state index in [4.69, 9.17) is 9.47 Å². The summed E-state index contributed by atoms with van der Waals surface area (Å²) in [5.74, 6) is 0.984. The summed E-state index contributed by atoms with van der Waals surface area (Å²) < 4.78 is 11.5. The van der Waals surface area contributed by atoms with Crippen LogP contribution in [-0.2, 0) is 0 Å². The number of allylic oxidation sites excluding steroid dienone is 3. The zero-order valence-electron chi connectivity index (χ0n) is 28.4. The lowest BCUT2D eigenvalue weighted by molar-refractivity contribution is 0.0734. The molecular formula is C43H53NO3. The van der Waals surface area contributed by atoms with Crippen molar-refractivity contribution in [1.82, 2.24) is 0 Å². The summed E-state index contributed by atoms with van der Waals surface area (Å²) in [6.07, 6.45) is 29.6. The van der Waals surface area contributed by atoms with E-state index in [9.17, 15) is 4.79 Å². The van der Waals surface area contributed by atoms with Gasteiger partial charge in [-0.2, -0.15) is 0 Å². The average molecular weight is 632 g/mol. The molecule has 4 nitrogen and oxygen atoms in total. The zero-order valence-corrected chi connectivity index (χ0v) is 28.4. The number of esters is 1. The van der Waals surface area contributed by atoms with Crippen molar-refractivity contribution in [3.05, 3.63) is 113 Å². The molecule has 0 atom stereocenters. The first-order valence-corrected chi connectivity index (χ1v) is 18.0. The maximum absolute atomic E-state index is 12.6. The molecule has 0 bridgehead atoms. The molecular weight excluding hydrogens is 578 g/mol. The van der Waals surface area contributed by atoms with Crippen LogP contribution in [0.4, 0.5) is 5.69 Å². The van der Waals surface area contributed by atoms with E-state index in [1.165, 1.54) is 96.3 Å². The van der Waals surface area contributed by atoms with Crippen LogP contribution in [0.1, 0.15) is 131 Å². The zero-order chi connectivity index (χ0) is 32.8. The number of nitrogens with zero attached hydrogens (tertiary/aromatic N) is 1. The smallest absolute Gasteiger partial charge is 0.343 e. The molecule has 4 rings (SSSR count). The summed E-state index contributed by atoms with van der Waals surface area (Å²) in [5, 5.41) is 0. The van der Waals surface area contributed by atoms with Gasteiger partial charge in [-0.3, -0.25) is 4.99 Å². The van der Waals surface area contributed by atoms with Gasteiger partial charge in [0, 0.05) is 11.8 Å². The molecule has 3 aromatic carbocycles. The average Bonchev–Trinajstić information content (AvgIpc) is 3.65. The second kappa shape index (κ2) is 21.6. The van der Waals surface area contributed by atoms with Gasteiger partial charge < -0.3 is 9.47 Å². The highest BCUT2D eigenvalue weighted by atomic mass is 16.5. The van der Waals surface area contributed by atoms with Gasteiger partial charge in [-0.15, -0.1) is 5.73 Å². The molecule has 0 heterocycles. The second-order valence-electron chi connectivity index (χ2n) is 12.5. The first-order chi connectivity index (χ1) is 23.2. The Kier molecular flexibility index (Phi) is 16.4. The monoisotopic (exact) mass is 631 g/mol. The fourth-order valence-corrected chi connectivity index (χ4v) is 5.70. The first-order valence-electron chi connectivity index (χ1n) is 18.0. The van der Waals surface area contributed by atoms with Gasteiger partial charge in [0.05, 0.1) is 17.9 Å². The molecule has 0 aliphatic heterocycles. The highest BCUT2D eigenvalue weighted by Crippen LogP contribution is 2.22. The SMILES string of the molecule is CCCCCCCCCCCCCCCCCCOc1ccc(C=Nc2ccc(OC(=O)c3ccc(C4=C=CC=C4)cc3)cc2)cc1. The van der Waals surface area contributed by atoms with Crippen molar-refractivity contribution < 1.29 is 14.3 Å². The van der Waals surface area contributed by atoms with Crippen LogP contribution >= 0.6 is 0 Å². The Hall–Kier alpha value is -4.14. The number of hydrogen-bond acceptors (Lipinski definition) is 4. The molecule has 248 valence electrons. The van der Waals surface area contributed by atoms with Gasteiger partial charge in [-0.05, 0) is 90.4 Å². The van der Waals surface area contributed by atoms with Crippen molar-refractivity contribution in [2.75, 3.05) is 6.61 Å². The molecule has 0 amide bonds. The van der Waals surface area contributed by atoms with E-state index in [0.717, 1.165) is 41.2 Å². The Morgan fingerprint density at radius 1 is 0.660 bits per heavy atom. The van der Waals surface area contributed by atoms with Crippen LogP contribution in [0.2, 0.25) is 0 Å². The number of carbonyl (C=O) groups is 1. The first kappa shape index (κ1) is 35.7. The van der Waals surface area contributed by atoms with E-state index >= 15 is 0 Å². The number of rotatable bonds is 23. The molecule has 0 saturated heterocycles. The number of carbonyl (C=O) groups excluding carboxylic acids is 1. The summed E-state index contributed by atoms with van der Waals surface area (Å²) in [6.45, 7) is 3.05. The van der Waals surface area contributed by atoms with Crippen molar-refractivity contribution in [3.63, 3.8) is 0 Å². The molecule has 4 heteroatoms. The minimum atomic E-state index is -0.392.